The van der Waals surface area contributed by atoms with Crippen LogP contribution in [0.2, 0.25) is 0 Å². The van der Waals surface area contributed by atoms with Gasteiger partial charge in [0.15, 0.2) is 0 Å². The maximum Gasteiger partial charge on any atom is 0.0571 e. The summed E-state index contributed by atoms with van der Waals surface area (Å²) in [5.74, 6) is 0. The van der Waals surface area contributed by atoms with E-state index in [1.165, 1.54) is 12.8 Å². The molecule has 0 saturated heterocycles. The Morgan fingerprint density at radius 3 is 2.64 bits per heavy atom. The molecule has 1 heteroatoms. The van der Waals surface area contributed by atoms with E-state index >= 15 is 0 Å². The SMILES string of the molecule is [CH2]CC(CCCCC=C)OC. The van der Waals surface area contributed by atoms with Gasteiger partial charge < -0.3 is 4.74 Å². The predicted octanol–water partition coefficient (Wildman–Crippen LogP) is 2.97. The number of ether oxygens (including phenoxy) is 1. The molecule has 0 fully saturated rings. The van der Waals surface area contributed by atoms with Gasteiger partial charge in [-0.15, -0.1) is 6.58 Å². The zero-order chi connectivity index (χ0) is 8.53. The summed E-state index contributed by atoms with van der Waals surface area (Å²) in [5, 5.41) is 0. The molecule has 0 saturated carbocycles. The van der Waals surface area contributed by atoms with Crippen LogP contribution in [0.25, 0.3) is 0 Å². The molecule has 11 heavy (non-hydrogen) atoms. The Labute approximate surface area is 70.4 Å². The smallest absolute Gasteiger partial charge is 0.0571 e. The summed E-state index contributed by atoms with van der Waals surface area (Å²) in [4.78, 5) is 0. The topological polar surface area (TPSA) is 9.23 Å². The van der Waals surface area contributed by atoms with E-state index in [1.807, 2.05) is 6.08 Å². The lowest BCUT2D eigenvalue weighted by Crippen LogP contribution is -2.08. The lowest BCUT2D eigenvalue weighted by atomic mass is 10.1. The molecule has 0 spiro atoms. The largest absolute Gasteiger partial charge is 0.381 e. The van der Waals surface area contributed by atoms with E-state index in [9.17, 15) is 0 Å². The molecule has 0 rings (SSSR count). The van der Waals surface area contributed by atoms with Crippen LogP contribution in [0.4, 0.5) is 0 Å². The summed E-state index contributed by atoms with van der Waals surface area (Å²) in [6.07, 6.45) is 7.90. The number of methoxy groups -OCH3 is 1. The van der Waals surface area contributed by atoms with Crippen LogP contribution in [0.15, 0.2) is 12.7 Å². The standard InChI is InChI=1S/C10H19O/c1-4-6-7-8-9-10(5-2)11-3/h4,10H,1-2,5-9H2,3H3. The zero-order valence-electron chi connectivity index (χ0n) is 7.51. The number of allylic oxidation sites excluding steroid dienone is 1. The van der Waals surface area contributed by atoms with E-state index in [0.29, 0.717) is 6.10 Å². The summed E-state index contributed by atoms with van der Waals surface area (Å²) < 4.78 is 5.19. The van der Waals surface area contributed by atoms with Gasteiger partial charge in [0.25, 0.3) is 0 Å². The third-order valence-electron chi connectivity index (χ3n) is 1.84. The Morgan fingerprint density at radius 2 is 2.18 bits per heavy atom. The molecular formula is C10H19O. The van der Waals surface area contributed by atoms with Crippen molar-refractivity contribution in [2.45, 2.75) is 38.2 Å². The van der Waals surface area contributed by atoms with Gasteiger partial charge in [-0.1, -0.05) is 19.4 Å². The van der Waals surface area contributed by atoms with Crippen molar-refractivity contribution in [1.29, 1.82) is 0 Å². The molecule has 65 valence electrons. The van der Waals surface area contributed by atoms with Crippen molar-refractivity contribution in [3.63, 3.8) is 0 Å². The molecule has 0 bridgehead atoms. The maximum atomic E-state index is 5.19. The van der Waals surface area contributed by atoms with Crippen LogP contribution in [0.3, 0.4) is 0 Å². The number of unbranched alkanes of at least 4 members (excludes halogenated alkanes) is 2. The fourth-order valence-corrected chi connectivity index (χ4v) is 1.04. The Hall–Kier alpha value is -0.300. The molecular weight excluding hydrogens is 136 g/mol. The van der Waals surface area contributed by atoms with Gasteiger partial charge in [-0.3, -0.25) is 0 Å². The van der Waals surface area contributed by atoms with Crippen LogP contribution in [0, 0.1) is 6.92 Å². The first-order valence-corrected chi connectivity index (χ1v) is 4.28. The average molecular weight is 155 g/mol. The van der Waals surface area contributed by atoms with E-state index in [0.717, 1.165) is 19.3 Å². The molecule has 0 aromatic heterocycles. The van der Waals surface area contributed by atoms with Crippen molar-refractivity contribution in [1.82, 2.24) is 0 Å². The highest BCUT2D eigenvalue weighted by atomic mass is 16.5. The molecule has 1 radical (unpaired) electrons. The summed E-state index contributed by atoms with van der Waals surface area (Å²) in [6.45, 7) is 7.48. The third kappa shape index (κ3) is 6.11. The van der Waals surface area contributed by atoms with Crippen LogP contribution in [0.1, 0.15) is 32.1 Å². The van der Waals surface area contributed by atoms with Crippen molar-refractivity contribution >= 4 is 0 Å². The predicted molar refractivity (Wildman–Crippen MR) is 49.4 cm³/mol. The van der Waals surface area contributed by atoms with Crippen molar-refractivity contribution in [3.8, 4) is 0 Å². The highest BCUT2D eigenvalue weighted by molar-refractivity contribution is 4.67. The Morgan fingerprint density at radius 1 is 1.45 bits per heavy atom. The van der Waals surface area contributed by atoms with Crippen LogP contribution >= 0.6 is 0 Å². The van der Waals surface area contributed by atoms with Crippen LogP contribution in [-0.2, 0) is 4.74 Å². The monoisotopic (exact) mass is 155 g/mol. The molecule has 0 amide bonds. The van der Waals surface area contributed by atoms with Gasteiger partial charge in [-0.05, 0) is 25.7 Å². The molecule has 1 atom stereocenters. The minimum absolute atomic E-state index is 0.361. The van der Waals surface area contributed by atoms with Crippen molar-refractivity contribution in [2.24, 2.45) is 0 Å². The van der Waals surface area contributed by atoms with E-state index in [2.05, 4.69) is 13.5 Å². The van der Waals surface area contributed by atoms with Gasteiger partial charge in [-0.25, -0.2) is 0 Å². The molecule has 0 heterocycles. The molecule has 0 N–H and O–H groups in total. The summed E-state index contributed by atoms with van der Waals surface area (Å²) in [6, 6.07) is 0. The van der Waals surface area contributed by atoms with E-state index in [1.54, 1.807) is 7.11 Å². The quantitative estimate of drug-likeness (QED) is 0.405. The highest BCUT2D eigenvalue weighted by Gasteiger charge is 2.01. The summed E-state index contributed by atoms with van der Waals surface area (Å²) in [5.41, 5.74) is 0. The van der Waals surface area contributed by atoms with Crippen LogP contribution in [-0.4, -0.2) is 13.2 Å². The lowest BCUT2D eigenvalue weighted by Gasteiger charge is -2.11. The van der Waals surface area contributed by atoms with Gasteiger partial charge in [-0.2, -0.15) is 0 Å². The second kappa shape index (κ2) is 7.80. The first kappa shape index (κ1) is 10.7. The second-order valence-corrected chi connectivity index (χ2v) is 2.72. The molecule has 1 unspecified atom stereocenters. The Kier molecular flexibility index (Phi) is 7.59. The first-order chi connectivity index (χ1) is 5.35. The normalized spacial score (nSPS) is 12.9. The van der Waals surface area contributed by atoms with Gasteiger partial charge in [0.2, 0.25) is 0 Å². The van der Waals surface area contributed by atoms with Gasteiger partial charge in [0.05, 0.1) is 6.10 Å². The number of hydrogen-bond donors (Lipinski definition) is 0. The minimum atomic E-state index is 0.361. The van der Waals surface area contributed by atoms with E-state index in [-0.39, 0.29) is 0 Å². The molecule has 0 aromatic rings. The third-order valence-corrected chi connectivity index (χ3v) is 1.84. The molecule has 0 aliphatic carbocycles. The molecule has 0 aliphatic rings. The molecule has 1 nitrogen and oxygen atoms in total. The lowest BCUT2D eigenvalue weighted by molar-refractivity contribution is 0.0950. The fraction of sp³-hybridized carbons (Fsp3) is 0.700. The van der Waals surface area contributed by atoms with Gasteiger partial charge in [0.1, 0.15) is 0 Å². The number of hydrogen-bond acceptors (Lipinski definition) is 1. The van der Waals surface area contributed by atoms with Crippen molar-refractivity contribution in [2.75, 3.05) is 7.11 Å². The van der Waals surface area contributed by atoms with E-state index < -0.39 is 0 Å². The Bertz CT molecular complexity index is 84.9. The van der Waals surface area contributed by atoms with Crippen LogP contribution in [0.5, 0.6) is 0 Å². The summed E-state index contributed by atoms with van der Waals surface area (Å²) >= 11 is 0. The average Bonchev–Trinajstić information content (AvgIpc) is 2.05. The van der Waals surface area contributed by atoms with Crippen molar-refractivity contribution in [3.05, 3.63) is 19.6 Å². The second-order valence-electron chi connectivity index (χ2n) is 2.72. The summed E-state index contributed by atoms with van der Waals surface area (Å²) in [7, 11) is 1.75. The zero-order valence-corrected chi connectivity index (χ0v) is 7.51. The first-order valence-electron chi connectivity index (χ1n) is 4.28. The van der Waals surface area contributed by atoms with Crippen molar-refractivity contribution < 1.29 is 4.74 Å². The maximum absolute atomic E-state index is 5.19. The molecule has 0 aromatic carbocycles. The van der Waals surface area contributed by atoms with Gasteiger partial charge >= 0.3 is 0 Å². The molecule has 0 aliphatic heterocycles. The number of rotatable bonds is 7. The Balaban J connectivity index is 3.13. The van der Waals surface area contributed by atoms with Gasteiger partial charge in [0, 0.05) is 7.11 Å². The fourth-order valence-electron chi connectivity index (χ4n) is 1.04. The van der Waals surface area contributed by atoms with E-state index in [4.69, 9.17) is 4.74 Å². The minimum Gasteiger partial charge on any atom is -0.381 e. The highest BCUT2D eigenvalue weighted by Crippen LogP contribution is 2.08. The van der Waals surface area contributed by atoms with Crippen LogP contribution < -0.4 is 0 Å².